The van der Waals surface area contributed by atoms with Crippen molar-refractivity contribution < 1.29 is 47.5 Å². The summed E-state index contributed by atoms with van der Waals surface area (Å²) >= 11 is 0. The van der Waals surface area contributed by atoms with Crippen molar-refractivity contribution in [3.63, 3.8) is 0 Å². The molecule has 0 spiro atoms. The lowest BCUT2D eigenvalue weighted by atomic mass is 10.1. The Morgan fingerprint density at radius 3 is 1.55 bits per heavy atom. The Hall–Kier alpha value is -4.55. The normalized spacial score (nSPS) is 16.6. The molecule has 0 radical (unpaired) electrons. The largest absolute Gasteiger partial charge is 0.493 e. The third kappa shape index (κ3) is 6.81. The number of ether oxygens (including phenoxy) is 7. The minimum Gasteiger partial charge on any atom is -0.493 e. The topological polar surface area (TPSA) is 126 Å². The predicted molar refractivity (Wildman–Crippen MR) is 160 cm³/mol. The Morgan fingerprint density at radius 2 is 1.09 bits per heavy atom. The van der Waals surface area contributed by atoms with Crippen molar-refractivity contribution in [1.29, 1.82) is 0 Å². The van der Waals surface area contributed by atoms with E-state index in [2.05, 4.69) is 0 Å². The average Bonchev–Trinajstić information content (AvgIpc) is 3.08. The highest BCUT2D eigenvalue weighted by molar-refractivity contribution is 5.97. The molecule has 2 aromatic rings. The number of benzene rings is 2. The number of methoxy groups -OCH3 is 6. The van der Waals surface area contributed by atoms with E-state index in [1.54, 1.807) is 39.0 Å². The van der Waals surface area contributed by atoms with E-state index in [-0.39, 0.29) is 38.1 Å². The van der Waals surface area contributed by atoms with Gasteiger partial charge < -0.3 is 47.9 Å². The Morgan fingerprint density at radius 1 is 0.614 bits per heavy atom. The molecule has 2 saturated heterocycles. The number of piperidine rings is 1. The molecule has 2 fully saturated rings. The van der Waals surface area contributed by atoms with Crippen molar-refractivity contribution in [3.05, 3.63) is 35.4 Å². The third-order valence-electron chi connectivity index (χ3n) is 7.87. The van der Waals surface area contributed by atoms with Crippen molar-refractivity contribution >= 4 is 17.9 Å². The van der Waals surface area contributed by atoms with Crippen LogP contribution in [0.5, 0.6) is 34.5 Å². The van der Waals surface area contributed by atoms with Crippen molar-refractivity contribution in [2.24, 2.45) is 0 Å². The minimum atomic E-state index is -0.630. The third-order valence-corrected chi connectivity index (χ3v) is 7.87. The maximum Gasteiger partial charge on any atom is 0.409 e. The number of likely N-dealkylation sites (tertiary alicyclic amines) is 1. The first-order valence-electron chi connectivity index (χ1n) is 14.4. The fraction of sp³-hybridized carbons (Fsp3) is 0.516. The minimum absolute atomic E-state index is 0.0927. The Bertz CT molecular complexity index is 1290. The number of nitrogens with zero attached hydrogens (tertiary/aromatic N) is 3. The number of rotatable bonds is 10. The summed E-state index contributed by atoms with van der Waals surface area (Å²) in [6.07, 6.45) is 2.47. The van der Waals surface area contributed by atoms with Gasteiger partial charge in [-0.3, -0.25) is 9.59 Å². The van der Waals surface area contributed by atoms with Crippen LogP contribution < -0.4 is 28.4 Å². The quantitative estimate of drug-likeness (QED) is 0.393. The number of piperazine rings is 1. The molecule has 13 heteroatoms. The van der Waals surface area contributed by atoms with Gasteiger partial charge in [0.2, 0.25) is 11.5 Å². The van der Waals surface area contributed by atoms with Gasteiger partial charge in [0.05, 0.1) is 48.7 Å². The first-order chi connectivity index (χ1) is 21.3. The zero-order chi connectivity index (χ0) is 31.8. The Balaban J connectivity index is 1.62. The van der Waals surface area contributed by atoms with Crippen LogP contribution in [0.4, 0.5) is 4.79 Å². The fourth-order valence-electron chi connectivity index (χ4n) is 5.54. The second-order valence-corrected chi connectivity index (χ2v) is 10.4. The first-order valence-corrected chi connectivity index (χ1v) is 14.4. The van der Waals surface area contributed by atoms with Gasteiger partial charge in [0.25, 0.3) is 11.8 Å². The maximum absolute atomic E-state index is 13.9. The van der Waals surface area contributed by atoms with Crippen LogP contribution >= 0.6 is 0 Å². The lowest BCUT2D eigenvalue weighted by Gasteiger charge is -2.41. The monoisotopic (exact) mass is 615 g/mol. The molecule has 2 aromatic carbocycles. The fourth-order valence-corrected chi connectivity index (χ4v) is 5.54. The van der Waals surface area contributed by atoms with Crippen LogP contribution in [0.1, 0.15) is 40.0 Å². The summed E-state index contributed by atoms with van der Waals surface area (Å²) in [4.78, 5) is 45.5. The molecule has 2 aliphatic heterocycles. The molecule has 2 heterocycles. The van der Waals surface area contributed by atoms with Crippen LogP contribution in [0.15, 0.2) is 24.3 Å². The van der Waals surface area contributed by atoms with E-state index in [1.807, 2.05) is 0 Å². The van der Waals surface area contributed by atoms with Crippen molar-refractivity contribution in [3.8, 4) is 34.5 Å². The van der Waals surface area contributed by atoms with Gasteiger partial charge in [-0.15, -0.1) is 0 Å². The van der Waals surface area contributed by atoms with Crippen molar-refractivity contribution in [1.82, 2.24) is 14.7 Å². The lowest BCUT2D eigenvalue weighted by molar-refractivity contribution is 0.0170. The Kier molecular flexibility index (Phi) is 10.9. The smallest absolute Gasteiger partial charge is 0.409 e. The number of amides is 3. The SMILES string of the molecule is COc1cc(C(=O)N2CCN(C(=O)c3cc(OC)c(OC)c(OC)c3)C(COC(=O)N3CCCCC3)C2)cc(OC)c1OC. The van der Waals surface area contributed by atoms with Gasteiger partial charge in [0.1, 0.15) is 6.61 Å². The number of hydrogen-bond donors (Lipinski definition) is 0. The molecule has 3 amide bonds. The summed E-state index contributed by atoms with van der Waals surface area (Å²) in [5, 5.41) is 0. The van der Waals surface area contributed by atoms with Crippen LogP contribution in [0.2, 0.25) is 0 Å². The highest BCUT2D eigenvalue weighted by Gasteiger charge is 2.36. The van der Waals surface area contributed by atoms with Crippen LogP contribution in [-0.4, -0.2) is 121 Å². The zero-order valence-corrected chi connectivity index (χ0v) is 26.2. The number of carbonyl (C=O) groups excluding carboxylic acids is 3. The van der Waals surface area contributed by atoms with Crippen molar-refractivity contribution in [2.75, 3.05) is 82.0 Å². The van der Waals surface area contributed by atoms with Gasteiger partial charge in [0.15, 0.2) is 23.0 Å². The summed E-state index contributed by atoms with van der Waals surface area (Å²) in [5.41, 5.74) is 0.629. The molecule has 1 atom stereocenters. The maximum atomic E-state index is 13.9. The average molecular weight is 616 g/mol. The van der Waals surface area contributed by atoms with Crippen molar-refractivity contribution in [2.45, 2.75) is 25.3 Å². The van der Waals surface area contributed by atoms with Gasteiger partial charge in [-0.2, -0.15) is 0 Å². The molecule has 4 rings (SSSR count). The molecule has 44 heavy (non-hydrogen) atoms. The van der Waals surface area contributed by atoms with E-state index in [4.69, 9.17) is 33.2 Å². The summed E-state index contributed by atoms with van der Waals surface area (Å²) in [7, 11) is 8.88. The molecule has 0 N–H and O–H groups in total. The van der Waals surface area contributed by atoms with E-state index >= 15 is 0 Å². The standard InChI is InChI=1S/C31H41N3O10/c1-38-23-14-20(15-24(39-2)27(23)42-5)29(35)33-12-13-34(22(18-33)19-44-31(37)32-10-8-7-9-11-32)30(36)21-16-25(40-3)28(43-6)26(17-21)41-4/h14-17,22H,7-13,18-19H2,1-6H3. The summed E-state index contributed by atoms with van der Waals surface area (Å²) in [6.45, 7) is 1.72. The summed E-state index contributed by atoms with van der Waals surface area (Å²) < 4.78 is 38.3. The molecule has 240 valence electrons. The molecule has 0 aromatic heterocycles. The van der Waals surface area contributed by atoms with E-state index < -0.39 is 12.1 Å². The van der Waals surface area contributed by atoms with Crippen LogP contribution in [0, 0.1) is 0 Å². The van der Waals surface area contributed by atoms with E-state index in [0.717, 1.165) is 19.3 Å². The van der Waals surface area contributed by atoms with Gasteiger partial charge in [0, 0.05) is 43.9 Å². The highest BCUT2D eigenvalue weighted by atomic mass is 16.6. The summed E-state index contributed by atoms with van der Waals surface area (Å²) in [6, 6.07) is 5.70. The number of hydrogen-bond acceptors (Lipinski definition) is 10. The molecule has 0 saturated carbocycles. The first kappa shape index (κ1) is 32.4. The van der Waals surface area contributed by atoms with Gasteiger partial charge >= 0.3 is 6.09 Å². The van der Waals surface area contributed by atoms with Gasteiger partial charge in [-0.05, 0) is 43.5 Å². The highest BCUT2D eigenvalue weighted by Crippen LogP contribution is 2.40. The van der Waals surface area contributed by atoms with E-state index in [9.17, 15) is 14.4 Å². The molecule has 2 aliphatic rings. The second-order valence-electron chi connectivity index (χ2n) is 10.4. The molecular formula is C31H41N3O10. The molecule has 13 nitrogen and oxygen atoms in total. The molecule has 1 unspecified atom stereocenters. The second kappa shape index (κ2) is 14.8. The van der Waals surface area contributed by atoms with E-state index in [0.29, 0.717) is 58.7 Å². The van der Waals surface area contributed by atoms with Crippen LogP contribution in [-0.2, 0) is 4.74 Å². The van der Waals surface area contributed by atoms with Gasteiger partial charge in [-0.1, -0.05) is 0 Å². The number of carbonyl (C=O) groups is 3. The lowest BCUT2D eigenvalue weighted by Crippen LogP contribution is -2.58. The van der Waals surface area contributed by atoms with E-state index in [1.165, 1.54) is 42.7 Å². The van der Waals surface area contributed by atoms with Crippen LogP contribution in [0.3, 0.4) is 0 Å². The molecule has 0 bridgehead atoms. The summed E-state index contributed by atoms with van der Waals surface area (Å²) in [5.74, 6) is 1.46. The predicted octanol–water partition coefficient (Wildman–Crippen LogP) is 3.33. The van der Waals surface area contributed by atoms with Gasteiger partial charge in [-0.25, -0.2) is 4.79 Å². The zero-order valence-electron chi connectivity index (χ0n) is 26.2. The molecular weight excluding hydrogens is 574 g/mol. The molecule has 0 aliphatic carbocycles. The Labute approximate surface area is 257 Å². The van der Waals surface area contributed by atoms with Crippen LogP contribution in [0.25, 0.3) is 0 Å².